The second kappa shape index (κ2) is 2.83. The number of amides is 1. The fourth-order valence-electron chi connectivity index (χ4n) is 1.02. The van der Waals surface area contributed by atoms with Gasteiger partial charge in [-0.05, 0) is 6.42 Å². The van der Waals surface area contributed by atoms with Gasteiger partial charge in [0.2, 0.25) is 0 Å². The van der Waals surface area contributed by atoms with Crippen LogP contribution in [0.3, 0.4) is 0 Å². The summed E-state index contributed by atoms with van der Waals surface area (Å²) < 4.78 is 0. The van der Waals surface area contributed by atoms with Crippen LogP contribution >= 0.6 is 11.8 Å². The van der Waals surface area contributed by atoms with Crippen LogP contribution in [0.5, 0.6) is 0 Å². The first-order valence-electron chi connectivity index (χ1n) is 3.51. The molecular formula is C6H8N2O2S. The normalized spacial score (nSPS) is 24.5. The summed E-state index contributed by atoms with van der Waals surface area (Å²) in [6, 6.07) is 0. The molecule has 2 rings (SSSR count). The molecule has 0 N–H and O–H groups in total. The molecule has 2 heterocycles. The number of aliphatic imine (C=N–C) groups is 1. The molecule has 1 fully saturated rings. The lowest BCUT2D eigenvalue weighted by Crippen LogP contribution is -2.22. The highest BCUT2D eigenvalue weighted by Crippen LogP contribution is 2.19. The largest absolute Gasteiger partial charge is 0.272 e. The lowest BCUT2D eigenvalue weighted by Gasteiger charge is -2.12. The minimum Gasteiger partial charge on any atom is -0.272 e. The molecule has 0 bridgehead atoms. The SMILES string of the molecule is O=C1CSC(N2CCCO2)=N1. The molecule has 0 aromatic carbocycles. The summed E-state index contributed by atoms with van der Waals surface area (Å²) in [7, 11) is 0. The highest BCUT2D eigenvalue weighted by Gasteiger charge is 2.23. The summed E-state index contributed by atoms with van der Waals surface area (Å²) in [4.78, 5) is 19.7. The molecule has 2 aliphatic rings. The number of carbonyl (C=O) groups excluding carboxylic acids is 1. The smallest absolute Gasteiger partial charge is 0.258 e. The Hall–Kier alpha value is -0.550. The van der Waals surface area contributed by atoms with Crippen LogP contribution in [0.2, 0.25) is 0 Å². The maximum atomic E-state index is 10.7. The fraction of sp³-hybridized carbons (Fsp3) is 0.667. The van der Waals surface area contributed by atoms with Gasteiger partial charge in [-0.2, -0.15) is 4.99 Å². The molecule has 5 heteroatoms. The van der Waals surface area contributed by atoms with E-state index in [1.165, 1.54) is 11.8 Å². The molecule has 1 saturated heterocycles. The molecule has 60 valence electrons. The number of nitrogens with zero attached hydrogens (tertiary/aromatic N) is 2. The van der Waals surface area contributed by atoms with E-state index in [9.17, 15) is 4.79 Å². The van der Waals surface area contributed by atoms with E-state index in [-0.39, 0.29) is 5.91 Å². The third kappa shape index (κ3) is 1.39. The van der Waals surface area contributed by atoms with Crippen molar-refractivity contribution in [3.05, 3.63) is 0 Å². The van der Waals surface area contributed by atoms with Gasteiger partial charge in [0, 0.05) is 0 Å². The molecule has 0 aliphatic carbocycles. The van der Waals surface area contributed by atoms with Crippen molar-refractivity contribution in [3.8, 4) is 0 Å². The van der Waals surface area contributed by atoms with Crippen LogP contribution in [0.25, 0.3) is 0 Å². The summed E-state index contributed by atoms with van der Waals surface area (Å²) in [5, 5.41) is 2.43. The highest BCUT2D eigenvalue weighted by atomic mass is 32.2. The summed E-state index contributed by atoms with van der Waals surface area (Å²) in [5.41, 5.74) is 0. The maximum absolute atomic E-state index is 10.7. The summed E-state index contributed by atoms with van der Waals surface area (Å²) >= 11 is 1.45. The van der Waals surface area contributed by atoms with Crippen molar-refractivity contribution in [1.29, 1.82) is 0 Å². The molecule has 0 saturated carbocycles. The van der Waals surface area contributed by atoms with Crippen molar-refractivity contribution in [2.24, 2.45) is 4.99 Å². The Bertz CT molecular complexity index is 211. The van der Waals surface area contributed by atoms with Gasteiger partial charge in [0.1, 0.15) is 0 Å². The third-order valence-electron chi connectivity index (χ3n) is 1.51. The number of rotatable bonds is 0. The Labute approximate surface area is 68.6 Å². The van der Waals surface area contributed by atoms with Gasteiger partial charge in [-0.3, -0.25) is 9.63 Å². The van der Waals surface area contributed by atoms with Crippen molar-refractivity contribution in [2.75, 3.05) is 18.9 Å². The maximum Gasteiger partial charge on any atom is 0.258 e. The second-order valence-corrected chi connectivity index (χ2v) is 3.31. The van der Waals surface area contributed by atoms with Gasteiger partial charge in [-0.1, -0.05) is 11.8 Å². The minimum atomic E-state index is -0.0551. The van der Waals surface area contributed by atoms with E-state index < -0.39 is 0 Å². The van der Waals surface area contributed by atoms with E-state index in [4.69, 9.17) is 4.84 Å². The van der Waals surface area contributed by atoms with E-state index in [1.807, 2.05) is 0 Å². The fourth-order valence-corrected chi connectivity index (χ4v) is 1.80. The van der Waals surface area contributed by atoms with E-state index in [0.717, 1.165) is 24.7 Å². The second-order valence-electron chi connectivity index (χ2n) is 2.37. The molecule has 0 spiro atoms. The molecule has 2 aliphatic heterocycles. The third-order valence-corrected chi connectivity index (χ3v) is 2.46. The van der Waals surface area contributed by atoms with Gasteiger partial charge in [-0.15, -0.1) is 0 Å². The van der Waals surface area contributed by atoms with Crippen molar-refractivity contribution in [2.45, 2.75) is 6.42 Å². The van der Waals surface area contributed by atoms with Gasteiger partial charge >= 0.3 is 0 Å². The van der Waals surface area contributed by atoms with Gasteiger partial charge in [0.15, 0.2) is 5.17 Å². The number of hydrogen-bond acceptors (Lipinski definition) is 4. The van der Waals surface area contributed by atoms with Gasteiger partial charge < -0.3 is 0 Å². The Balaban J connectivity index is 2.04. The Morgan fingerprint density at radius 3 is 3.09 bits per heavy atom. The molecular weight excluding hydrogens is 164 g/mol. The molecule has 0 atom stereocenters. The zero-order valence-electron chi connectivity index (χ0n) is 5.95. The number of carbonyl (C=O) groups is 1. The molecule has 0 radical (unpaired) electrons. The molecule has 0 aromatic rings. The summed E-state index contributed by atoms with van der Waals surface area (Å²) in [6.45, 7) is 1.60. The molecule has 11 heavy (non-hydrogen) atoms. The first-order valence-corrected chi connectivity index (χ1v) is 4.49. The van der Waals surface area contributed by atoms with Crippen LogP contribution in [-0.4, -0.2) is 35.0 Å². The first-order chi connectivity index (χ1) is 5.36. The van der Waals surface area contributed by atoms with Crippen LogP contribution in [0, 0.1) is 0 Å². The topological polar surface area (TPSA) is 41.9 Å². The predicted molar refractivity (Wildman–Crippen MR) is 42.2 cm³/mol. The monoisotopic (exact) mass is 172 g/mol. The van der Waals surface area contributed by atoms with Crippen molar-refractivity contribution in [1.82, 2.24) is 5.06 Å². The molecule has 0 unspecified atom stereocenters. The van der Waals surface area contributed by atoms with Crippen LogP contribution < -0.4 is 0 Å². The molecule has 1 amide bonds. The van der Waals surface area contributed by atoms with Crippen LogP contribution in [0.1, 0.15) is 6.42 Å². The molecule has 0 aromatic heterocycles. The lowest BCUT2D eigenvalue weighted by atomic mass is 10.5. The van der Waals surface area contributed by atoms with E-state index in [0.29, 0.717) is 5.75 Å². The van der Waals surface area contributed by atoms with E-state index in [2.05, 4.69) is 4.99 Å². The number of thioether (sulfide) groups is 1. The lowest BCUT2D eigenvalue weighted by molar-refractivity contribution is -0.115. The average Bonchev–Trinajstić information content (AvgIpc) is 2.55. The van der Waals surface area contributed by atoms with Crippen LogP contribution in [-0.2, 0) is 9.63 Å². The van der Waals surface area contributed by atoms with Gasteiger partial charge in [0.05, 0.1) is 18.9 Å². The minimum absolute atomic E-state index is 0.0551. The van der Waals surface area contributed by atoms with E-state index >= 15 is 0 Å². The average molecular weight is 172 g/mol. The standard InChI is InChI=1S/C6H8N2O2S/c9-5-4-11-6(7-5)8-2-1-3-10-8/h1-4H2. The Morgan fingerprint density at radius 1 is 1.64 bits per heavy atom. The predicted octanol–water partition coefficient (Wildman–Crippen LogP) is 0.253. The van der Waals surface area contributed by atoms with Crippen LogP contribution in [0.15, 0.2) is 4.99 Å². The number of hydrogen-bond donors (Lipinski definition) is 0. The zero-order valence-corrected chi connectivity index (χ0v) is 6.76. The van der Waals surface area contributed by atoms with Gasteiger partial charge in [-0.25, -0.2) is 5.06 Å². The van der Waals surface area contributed by atoms with E-state index in [1.54, 1.807) is 5.06 Å². The highest BCUT2D eigenvalue weighted by molar-refractivity contribution is 8.14. The zero-order chi connectivity index (χ0) is 7.68. The van der Waals surface area contributed by atoms with Crippen molar-refractivity contribution in [3.63, 3.8) is 0 Å². The van der Waals surface area contributed by atoms with Gasteiger partial charge in [0.25, 0.3) is 5.91 Å². The number of hydroxylamine groups is 2. The quantitative estimate of drug-likeness (QED) is 0.525. The number of amidine groups is 1. The van der Waals surface area contributed by atoms with Crippen molar-refractivity contribution < 1.29 is 9.63 Å². The Kier molecular flexibility index (Phi) is 1.83. The van der Waals surface area contributed by atoms with Crippen LogP contribution in [0.4, 0.5) is 0 Å². The summed E-state index contributed by atoms with van der Waals surface area (Å²) in [6.07, 6.45) is 1.02. The van der Waals surface area contributed by atoms with Crippen molar-refractivity contribution >= 4 is 22.8 Å². The summed E-state index contributed by atoms with van der Waals surface area (Å²) in [5.74, 6) is 0.412. The Morgan fingerprint density at radius 2 is 2.55 bits per heavy atom. The molecule has 4 nitrogen and oxygen atoms in total. The first kappa shape index (κ1) is 7.12.